The third kappa shape index (κ3) is 3.26. The number of hydrogen-bond donors (Lipinski definition) is 0. The second kappa shape index (κ2) is 7.58. The van der Waals surface area contributed by atoms with Crippen LogP contribution in [0.4, 0.5) is 0 Å². The van der Waals surface area contributed by atoms with Crippen molar-refractivity contribution in [3.63, 3.8) is 0 Å². The molecule has 134 valence electrons. The van der Waals surface area contributed by atoms with Crippen LogP contribution in [-0.2, 0) is 0 Å². The first-order valence-electron chi connectivity index (χ1n) is 9.28. The van der Waals surface area contributed by atoms with Crippen molar-refractivity contribution in [1.29, 1.82) is 0 Å². The van der Waals surface area contributed by atoms with Gasteiger partial charge in [-0.15, -0.1) is 6.58 Å². The van der Waals surface area contributed by atoms with Gasteiger partial charge in [-0.25, -0.2) is 0 Å². The Hall–Kier alpha value is -2.58. The van der Waals surface area contributed by atoms with E-state index in [4.69, 9.17) is 0 Å². The Labute approximate surface area is 168 Å². The molecule has 0 amide bonds. The van der Waals surface area contributed by atoms with E-state index in [2.05, 4.69) is 107 Å². The third-order valence-corrected chi connectivity index (χ3v) is 5.60. The van der Waals surface area contributed by atoms with E-state index in [1.165, 1.54) is 38.6 Å². The van der Waals surface area contributed by atoms with E-state index in [0.717, 1.165) is 17.3 Å². The summed E-state index contributed by atoms with van der Waals surface area (Å²) in [6.45, 7) is 6.00. The maximum absolute atomic E-state index is 3.88. The molecule has 4 aromatic rings. The van der Waals surface area contributed by atoms with Gasteiger partial charge in [0, 0.05) is 20.9 Å². The summed E-state index contributed by atoms with van der Waals surface area (Å²) >= 11 is 3.52. The Bertz CT molecular complexity index is 1150. The molecule has 0 bridgehead atoms. The van der Waals surface area contributed by atoms with E-state index >= 15 is 0 Å². The molecule has 0 saturated carbocycles. The van der Waals surface area contributed by atoms with Gasteiger partial charge in [0.25, 0.3) is 0 Å². The molecule has 0 aliphatic rings. The molecule has 0 unspecified atom stereocenters. The van der Waals surface area contributed by atoms with E-state index in [0.29, 0.717) is 0 Å². The first kappa shape index (κ1) is 17.8. The van der Waals surface area contributed by atoms with E-state index in [-0.39, 0.29) is 0 Å². The fourth-order valence-corrected chi connectivity index (χ4v) is 4.00. The van der Waals surface area contributed by atoms with E-state index in [9.17, 15) is 0 Å². The highest BCUT2D eigenvalue weighted by Crippen LogP contribution is 2.35. The fraction of sp³-hybridized carbons (Fsp3) is 0.120. The smallest absolute Gasteiger partial charge is 0.0538 e. The van der Waals surface area contributed by atoms with Crippen molar-refractivity contribution < 1.29 is 0 Å². The van der Waals surface area contributed by atoms with Crippen LogP contribution in [0.1, 0.15) is 19.8 Å². The van der Waals surface area contributed by atoms with Crippen molar-refractivity contribution >= 4 is 43.4 Å². The van der Waals surface area contributed by atoms with Crippen molar-refractivity contribution in [3.8, 4) is 11.1 Å². The van der Waals surface area contributed by atoms with Gasteiger partial charge in [-0.3, -0.25) is 0 Å². The Morgan fingerprint density at radius 3 is 2.37 bits per heavy atom. The molecule has 3 aromatic carbocycles. The maximum atomic E-state index is 3.88. The SMILES string of the molecule is C=CCC/C(=C\C)n1c2ccccc2c2cc(-c3ccc(Br)cc3)ccc21. The molecule has 0 saturated heterocycles. The van der Waals surface area contributed by atoms with Gasteiger partial charge < -0.3 is 4.57 Å². The topological polar surface area (TPSA) is 4.93 Å². The standard InChI is InChI=1S/C25H22BrN/c1-3-5-8-21(4-2)27-24-10-7-6-9-22(24)23-17-19(13-16-25(23)27)18-11-14-20(26)15-12-18/h3-4,6-7,9-17H,1,5,8H2,2H3/b21-4+. The highest BCUT2D eigenvalue weighted by molar-refractivity contribution is 9.10. The Morgan fingerprint density at radius 2 is 1.63 bits per heavy atom. The van der Waals surface area contributed by atoms with Crippen molar-refractivity contribution in [2.45, 2.75) is 19.8 Å². The lowest BCUT2D eigenvalue weighted by Gasteiger charge is -2.12. The van der Waals surface area contributed by atoms with Gasteiger partial charge in [-0.1, -0.05) is 64.5 Å². The summed E-state index contributed by atoms with van der Waals surface area (Å²) in [5, 5.41) is 2.59. The summed E-state index contributed by atoms with van der Waals surface area (Å²) in [4.78, 5) is 0. The summed E-state index contributed by atoms with van der Waals surface area (Å²) in [6.07, 6.45) is 6.17. The minimum Gasteiger partial charge on any atom is -0.313 e. The van der Waals surface area contributed by atoms with Crippen LogP contribution in [0.3, 0.4) is 0 Å². The molecule has 0 N–H and O–H groups in total. The maximum Gasteiger partial charge on any atom is 0.0538 e. The number of rotatable bonds is 5. The predicted octanol–water partition coefficient (Wildman–Crippen LogP) is 8.05. The molecular weight excluding hydrogens is 394 g/mol. The second-order valence-corrected chi connectivity index (χ2v) is 7.61. The van der Waals surface area contributed by atoms with Crippen LogP contribution in [0.15, 0.2) is 89.9 Å². The average molecular weight is 416 g/mol. The average Bonchev–Trinajstić information content (AvgIpc) is 3.03. The molecular formula is C25H22BrN. The van der Waals surface area contributed by atoms with Crippen molar-refractivity contribution in [3.05, 3.63) is 89.9 Å². The Morgan fingerprint density at radius 1 is 0.926 bits per heavy atom. The number of allylic oxidation sites excluding steroid dienone is 3. The van der Waals surface area contributed by atoms with Crippen molar-refractivity contribution in [1.82, 2.24) is 4.57 Å². The monoisotopic (exact) mass is 415 g/mol. The fourth-order valence-electron chi connectivity index (χ4n) is 3.74. The molecule has 1 nitrogen and oxygen atoms in total. The summed E-state index contributed by atoms with van der Waals surface area (Å²) in [5.41, 5.74) is 6.31. The molecule has 1 heterocycles. The minimum atomic E-state index is 0.977. The van der Waals surface area contributed by atoms with Gasteiger partial charge >= 0.3 is 0 Å². The van der Waals surface area contributed by atoms with Crippen LogP contribution in [0, 0.1) is 0 Å². The lowest BCUT2D eigenvalue weighted by Crippen LogP contribution is -1.96. The number of hydrogen-bond acceptors (Lipinski definition) is 0. The van der Waals surface area contributed by atoms with Gasteiger partial charge in [-0.2, -0.15) is 0 Å². The molecule has 4 rings (SSSR count). The van der Waals surface area contributed by atoms with Gasteiger partial charge in [-0.05, 0) is 61.2 Å². The summed E-state index contributed by atoms with van der Waals surface area (Å²) < 4.78 is 3.50. The van der Waals surface area contributed by atoms with E-state index in [1.54, 1.807) is 0 Å². The van der Waals surface area contributed by atoms with E-state index < -0.39 is 0 Å². The normalized spacial score (nSPS) is 12.0. The quantitative estimate of drug-likeness (QED) is 0.290. The zero-order chi connectivity index (χ0) is 18.8. The lowest BCUT2D eigenvalue weighted by molar-refractivity contribution is 0.992. The molecule has 0 radical (unpaired) electrons. The molecule has 2 heteroatoms. The first-order valence-corrected chi connectivity index (χ1v) is 10.1. The largest absolute Gasteiger partial charge is 0.313 e. The van der Waals surface area contributed by atoms with Crippen LogP contribution in [-0.4, -0.2) is 4.57 Å². The zero-order valence-corrected chi connectivity index (χ0v) is 17.0. The number of aromatic nitrogens is 1. The molecule has 0 spiro atoms. The van der Waals surface area contributed by atoms with Gasteiger partial charge in [0.15, 0.2) is 0 Å². The van der Waals surface area contributed by atoms with Gasteiger partial charge in [0.1, 0.15) is 0 Å². The molecule has 1 aromatic heterocycles. The highest BCUT2D eigenvalue weighted by atomic mass is 79.9. The summed E-state index contributed by atoms with van der Waals surface area (Å²) in [5.74, 6) is 0. The number of halogens is 1. The van der Waals surface area contributed by atoms with Crippen molar-refractivity contribution in [2.75, 3.05) is 0 Å². The second-order valence-electron chi connectivity index (χ2n) is 6.70. The molecule has 0 atom stereocenters. The Kier molecular flexibility index (Phi) is 5.00. The zero-order valence-electron chi connectivity index (χ0n) is 15.5. The predicted molar refractivity (Wildman–Crippen MR) is 122 cm³/mol. The minimum absolute atomic E-state index is 0.977. The van der Waals surface area contributed by atoms with Gasteiger partial charge in [0.05, 0.1) is 11.0 Å². The van der Waals surface area contributed by atoms with Crippen LogP contribution in [0.5, 0.6) is 0 Å². The molecule has 0 fully saturated rings. The van der Waals surface area contributed by atoms with Crippen LogP contribution < -0.4 is 0 Å². The van der Waals surface area contributed by atoms with Crippen LogP contribution in [0.25, 0.3) is 38.6 Å². The van der Waals surface area contributed by atoms with Gasteiger partial charge in [0.2, 0.25) is 0 Å². The van der Waals surface area contributed by atoms with Crippen LogP contribution in [0.2, 0.25) is 0 Å². The molecule has 0 aliphatic carbocycles. The first-order chi connectivity index (χ1) is 13.2. The Balaban J connectivity index is 1.96. The molecule has 0 aliphatic heterocycles. The highest BCUT2D eigenvalue weighted by Gasteiger charge is 2.13. The molecule has 27 heavy (non-hydrogen) atoms. The summed E-state index contributed by atoms with van der Waals surface area (Å²) in [7, 11) is 0. The lowest BCUT2D eigenvalue weighted by atomic mass is 10.0. The number of fused-ring (bicyclic) bond motifs is 3. The third-order valence-electron chi connectivity index (χ3n) is 5.08. The number of benzene rings is 3. The van der Waals surface area contributed by atoms with E-state index in [1.807, 2.05) is 6.08 Å². The number of para-hydroxylation sites is 1. The van der Waals surface area contributed by atoms with Crippen molar-refractivity contribution in [2.24, 2.45) is 0 Å². The summed E-state index contributed by atoms with van der Waals surface area (Å²) in [6, 6.07) is 24.0. The number of nitrogens with zero attached hydrogens (tertiary/aromatic N) is 1. The van der Waals surface area contributed by atoms with Crippen LogP contribution >= 0.6 is 15.9 Å².